The molecule has 0 N–H and O–H groups in total. The molecular weight excluding hydrogens is 417 g/mol. The lowest BCUT2D eigenvalue weighted by Gasteiger charge is -2.14. The van der Waals surface area contributed by atoms with Gasteiger partial charge in [-0.15, -0.1) is 0 Å². The van der Waals surface area contributed by atoms with E-state index in [-0.39, 0.29) is 29.5 Å². The van der Waals surface area contributed by atoms with E-state index in [0.29, 0.717) is 28.0 Å². The molecule has 0 aliphatic rings. The number of hydrogen-bond acceptors (Lipinski definition) is 7. The maximum atomic E-state index is 14.6. The van der Waals surface area contributed by atoms with Crippen molar-refractivity contribution in [3.63, 3.8) is 0 Å². The molecule has 3 rings (SSSR count). The van der Waals surface area contributed by atoms with E-state index in [1.807, 2.05) is 13.8 Å². The average Bonchev–Trinajstić information content (AvgIpc) is 2.77. The van der Waals surface area contributed by atoms with E-state index < -0.39 is 17.6 Å². The molecule has 8 heteroatoms. The highest BCUT2D eigenvalue weighted by Gasteiger charge is 2.24. The number of pyridine rings is 1. The van der Waals surface area contributed by atoms with Gasteiger partial charge < -0.3 is 18.9 Å². The van der Waals surface area contributed by atoms with Crippen molar-refractivity contribution in [1.82, 2.24) is 4.98 Å². The predicted molar refractivity (Wildman–Crippen MR) is 116 cm³/mol. The first-order valence-electron chi connectivity index (χ1n) is 10.0. The van der Waals surface area contributed by atoms with E-state index in [2.05, 4.69) is 4.98 Å². The Bertz CT molecular complexity index is 1170. The third-order valence-corrected chi connectivity index (χ3v) is 4.66. The summed E-state index contributed by atoms with van der Waals surface area (Å²) in [5, 5.41) is 0.669. The van der Waals surface area contributed by atoms with Gasteiger partial charge in [0.1, 0.15) is 17.3 Å². The monoisotopic (exact) mass is 441 g/mol. The molecular formula is C24H24FNO6. The summed E-state index contributed by atoms with van der Waals surface area (Å²) in [6, 6.07) is 7.06. The number of hydrogen-bond donors (Lipinski definition) is 0. The summed E-state index contributed by atoms with van der Waals surface area (Å²) in [7, 11) is 2.90. The normalized spacial score (nSPS) is 10.8. The van der Waals surface area contributed by atoms with Gasteiger partial charge in [-0.05, 0) is 51.1 Å². The minimum Gasteiger partial charge on any atom is -0.493 e. The number of benzene rings is 2. The number of rotatable bonds is 8. The maximum Gasteiger partial charge on any atom is 0.340 e. The van der Waals surface area contributed by atoms with Gasteiger partial charge in [0.2, 0.25) is 5.78 Å². The lowest BCUT2D eigenvalue weighted by Crippen LogP contribution is -2.12. The second-order valence-electron chi connectivity index (χ2n) is 7.13. The van der Waals surface area contributed by atoms with Crippen LogP contribution < -0.4 is 14.2 Å². The molecule has 1 heterocycles. The van der Waals surface area contributed by atoms with Gasteiger partial charge in [0.25, 0.3) is 0 Å². The molecule has 0 spiro atoms. The van der Waals surface area contributed by atoms with Gasteiger partial charge in [0, 0.05) is 17.0 Å². The third kappa shape index (κ3) is 4.49. The second kappa shape index (κ2) is 9.64. The standard InChI is InChI=1S/C24H24FNO6/c1-6-31-24(28)18-12-26-22(16-11-21(30-5)20(29-4)10-15(16)18)23(27)17-9-14(32-13(2)3)7-8-19(17)25/h7-13H,6H2,1-5H3. The largest absolute Gasteiger partial charge is 0.493 e. The molecule has 32 heavy (non-hydrogen) atoms. The molecule has 0 bridgehead atoms. The summed E-state index contributed by atoms with van der Waals surface area (Å²) in [6.07, 6.45) is 1.09. The smallest absolute Gasteiger partial charge is 0.340 e. The van der Waals surface area contributed by atoms with Crippen molar-refractivity contribution in [3.05, 3.63) is 59.2 Å². The Morgan fingerprint density at radius 1 is 1.00 bits per heavy atom. The van der Waals surface area contributed by atoms with Crippen LogP contribution in [0.4, 0.5) is 4.39 Å². The Labute approximate surface area is 185 Å². The van der Waals surface area contributed by atoms with Crippen molar-refractivity contribution in [2.24, 2.45) is 0 Å². The molecule has 168 valence electrons. The van der Waals surface area contributed by atoms with E-state index in [0.717, 1.165) is 0 Å². The molecule has 1 aromatic heterocycles. The topological polar surface area (TPSA) is 84.0 Å². The molecule has 0 aliphatic carbocycles. The van der Waals surface area contributed by atoms with Crippen LogP contribution in [0.5, 0.6) is 17.2 Å². The SMILES string of the molecule is CCOC(=O)c1cnc(C(=O)c2cc(OC(C)C)ccc2F)c2cc(OC)c(OC)cc12. The van der Waals surface area contributed by atoms with E-state index in [1.54, 1.807) is 13.0 Å². The number of halogens is 1. The highest BCUT2D eigenvalue weighted by Crippen LogP contribution is 2.36. The van der Waals surface area contributed by atoms with Crippen LogP contribution in [0.2, 0.25) is 0 Å². The molecule has 2 aromatic carbocycles. The predicted octanol–water partition coefficient (Wildman–Crippen LogP) is 4.59. The van der Waals surface area contributed by atoms with Crippen molar-refractivity contribution in [2.75, 3.05) is 20.8 Å². The maximum absolute atomic E-state index is 14.6. The summed E-state index contributed by atoms with van der Waals surface area (Å²) >= 11 is 0. The van der Waals surface area contributed by atoms with Crippen molar-refractivity contribution < 1.29 is 32.9 Å². The quantitative estimate of drug-likeness (QED) is 0.374. The van der Waals surface area contributed by atoms with Gasteiger partial charge >= 0.3 is 5.97 Å². The number of ketones is 1. The molecule has 0 atom stereocenters. The first kappa shape index (κ1) is 23.0. The van der Waals surface area contributed by atoms with Gasteiger partial charge in [-0.1, -0.05) is 0 Å². The van der Waals surface area contributed by atoms with E-state index >= 15 is 0 Å². The fourth-order valence-corrected chi connectivity index (χ4v) is 3.27. The Kier molecular flexibility index (Phi) is 6.92. The van der Waals surface area contributed by atoms with Gasteiger partial charge in [-0.2, -0.15) is 0 Å². The number of ether oxygens (including phenoxy) is 4. The van der Waals surface area contributed by atoms with E-state index in [9.17, 15) is 14.0 Å². The van der Waals surface area contributed by atoms with Crippen molar-refractivity contribution in [1.29, 1.82) is 0 Å². The van der Waals surface area contributed by atoms with Crippen molar-refractivity contribution in [2.45, 2.75) is 26.9 Å². The molecule has 0 unspecified atom stereocenters. The van der Waals surface area contributed by atoms with Crippen LogP contribution in [0.25, 0.3) is 10.8 Å². The molecule has 0 saturated heterocycles. The second-order valence-corrected chi connectivity index (χ2v) is 7.13. The molecule has 0 fully saturated rings. The number of carbonyl (C=O) groups is 2. The summed E-state index contributed by atoms with van der Waals surface area (Å²) in [5.41, 5.74) is -0.0954. The number of methoxy groups -OCH3 is 2. The van der Waals surface area contributed by atoms with E-state index in [1.165, 1.54) is 44.7 Å². The fraction of sp³-hybridized carbons (Fsp3) is 0.292. The Morgan fingerprint density at radius 3 is 2.25 bits per heavy atom. The Balaban J connectivity index is 2.24. The number of fused-ring (bicyclic) bond motifs is 1. The number of carbonyl (C=O) groups excluding carboxylic acids is 2. The van der Waals surface area contributed by atoms with Gasteiger partial charge in [-0.3, -0.25) is 9.78 Å². The van der Waals surface area contributed by atoms with Gasteiger partial charge in [-0.25, -0.2) is 9.18 Å². The highest BCUT2D eigenvalue weighted by molar-refractivity contribution is 6.18. The van der Waals surface area contributed by atoms with Crippen LogP contribution in [0.1, 0.15) is 47.2 Å². The Hall–Kier alpha value is -3.68. The summed E-state index contributed by atoms with van der Waals surface area (Å²) in [5.74, 6) is -0.936. The molecule has 0 radical (unpaired) electrons. The van der Waals surface area contributed by atoms with Crippen LogP contribution in [-0.4, -0.2) is 43.7 Å². The van der Waals surface area contributed by atoms with Crippen molar-refractivity contribution >= 4 is 22.5 Å². The van der Waals surface area contributed by atoms with Crippen molar-refractivity contribution in [3.8, 4) is 17.2 Å². The zero-order chi connectivity index (χ0) is 23.4. The lowest BCUT2D eigenvalue weighted by molar-refractivity contribution is 0.0528. The first-order valence-corrected chi connectivity index (χ1v) is 10.0. The minimum atomic E-state index is -0.712. The fourth-order valence-electron chi connectivity index (χ4n) is 3.27. The molecule has 0 aliphatic heterocycles. The van der Waals surface area contributed by atoms with Crippen LogP contribution in [0.15, 0.2) is 36.5 Å². The lowest BCUT2D eigenvalue weighted by atomic mass is 9.98. The number of aromatic nitrogens is 1. The zero-order valence-corrected chi connectivity index (χ0v) is 18.5. The molecule has 7 nitrogen and oxygen atoms in total. The molecule has 0 amide bonds. The number of esters is 1. The van der Waals surface area contributed by atoms with Gasteiger partial charge in [0.15, 0.2) is 11.5 Å². The van der Waals surface area contributed by atoms with Crippen LogP contribution in [0.3, 0.4) is 0 Å². The minimum absolute atomic E-state index is 0.0467. The summed E-state index contributed by atoms with van der Waals surface area (Å²) in [4.78, 5) is 30.0. The van der Waals surface area contributed by atoms with Gasteiger partial charge in [0.05, 0.1) is 38.1 Å². The molecule has 0 saturated carbocycles. The highest BCUT2D eigenvalue weighted by atomic mass is 19.1. The first-order chi connectivity index (χ1) is 15.3. The summed E-state index contributed by atoms with van der Waals surface area (Å²) < 4.78 is 36.0. The number of nitrogens with zero attached hydrogens (tertiary/aromatic N) is 1. The van der Waals surface area contributed by atoms with Crippen LogP contribution in [-0.2, 0) is 4.74 Å². The average molecular weight is 441 g/mol. The third-order valence-electron chi connectivity index (χ3n) is 4.66. The zero-order valence-electron chi connectivity index (χ0n) is 18.5. The van der Waals surface area contributed by atoms with Crippen LogP contribution in [0, 0.1) is 5.82 Å². The van der Waals surface area contributed by atoms with Crippen LogP contribution >= 0.6 is 0 Å². The van der Waals surface area contributed by atoms with E-state index in [4.69, 9.17) is 18.9 Å². The Morgan fingerprint density at radius 2 is 1.66 bits per heavy atom. The molecule has 3 aromatic rings. The summed E-state index contributed by atoms with van der Waals surface area (Å²) in [6.45, 7) is 5.51.